The van der Waals surface area contributed by atoms with E-state index in [1.165, 1.54) is 30.5 Å². The summed E-state index contributed by atoms with van der Waals surface area (Å²) < 4.78 is 55.5. The maximum atomic E-state index is 15.1. The molecule has 0 fully saturated rings. The van der Waals surface area contributed by atoms with E-state index in [1.54, 1.807) is 7.05 Å². The lowest BCUT2D eigenvalue weighted by atomic mass is 10.1. The number of nitriles is 1. The first-order chi connectivity index (χ1) is 12.9. The molecule has 27 heavy (non-hydrogen) atoms. The minimum Gasteiger partial charge on any atom is -0.316 e. The van der Waals surface area contributed by atoms with Gasteiger partial charge in [0, 0.05) is 30.1 Å². The van der Waals surface area contributed by atoms with Gasteiger partial charge >= 0.3 is 0 Å². The lowest BCUT2D eigenvalue weighted by Crippen LogP contribution is -2.14. The number of aromatic nitrogens is 2. The number of halogens is 2. The molecule has 0 atom stereocenters. The molecule has 2 aromatic heterocycles. The zero-order valence-corrected chi connectivity index (χ0v) is 15.0. The van der Waals surface area contributed by atoms with Crippen LogP contribution in [0.15, 0.2) is 53.7 Å². The van der Waals surface area contributed by atoms with Gasteiger partial charge in [-0.1, -0.05) is 6.07 Å². The normalized spacial score (nSPS) is 11.3. The van der Waals surface area contributed by atoms with E-state index in [9.17, 15) is 18.1 Å². The summed E-state index contributed by atoms with van der Waals surface area (Å²) in [5.41, 5.74) is -0.338. The lowest BCUT2D eigenvalue weighted by molar-refractivity contribution is 0.581. The third-order valence-corrected chi connectivity index (χ3v) is 5.53. The fourth-order valence-corrected chi connectivity index (χ4v) is 4.10. The molecule has 3 rings (SSSR count). The van der Waals surface area contributed by atoms with Crippen molar-refractivity contribution in [1.82, 2.24) is 14.3 Å². The second-order valence-electron chi connectivity index (χ2n) is 5.62. The largest absolute Gasteiger partial charge is 0.316 e. The van der Waals surface area contributed by atoms with Gasteiger partial charge in [-0.05, 0) is 37.4 Å². The predicted octanol–water partition coefficient (Wildman–Crippen LogP) is 2.66. The molecule has 3 aromatic rings. The summed E-state index contributed by atoms with van der Waals surface area (Å²) in [6.45, 7) is 0.0622. The summed E-state index contributed by atoms with van der Waals surface area (Å²) in [6, 6.07) is 9.13. The van der Waals surface area contributed by atoms with Crippen LogP contribution in [0.5, 0.6) is 0 Å². The van der Waals surface area contributed by atoms with Gasteiger partial charge in [-0.3, -0.25) is 0 Å². The molecule has 0 unspecified atom stereocenters. The molecule has 0 bridgehead atoms. The zero-order chi connectivity index (χ0) is 19.6. The second-order valence-corrected chi connectivity index (χ2v) is 7.43. The van der Waals surface area contributed by atoms with Crippen molar-refractivity contribution < 1.29 is 17.2 Å². The second kappa shape index (κ2) is 7.26. The van der Waals surface area contributed by atoms with Gasteiger partial charge in [0.05, 0.1) is 4.90 Å². The molecule has 6 nitrogen and oxygen atoms in total. The van der Waals surface area contributed by atoms with Crippen LogP contribution < -0.4 is 5.32 Å². The maximum absolute atomic E-state index is 15.1. The monoisotopic (exact) mass is 388 g/mol. The molecular weight excluding hydrogens is 374 g/mol. The van der Waals surface area contributed by atoms with Crippen molar-refractivity contribution in [2.24, 2.45) is 0 Å². The molecule has 1 aromatic carbocycles. The molecule has 2 heterocycles. The van der Waals surface area contributed by atoms with Gasteiger partial charge in [-0.2, -0.15) is 5.26 Å². The molecule has 0 radical (unpaired) electrons. The van der Waals surface area contributed by atoms with Gasteiger partial charge in [0.15, 0.2) is 5.82 Å². The molecule has 0 saturated heterocycles. The highest BCUT2D eigenvalue weighted by molar-refractivity contribution is 7.90. The van der Waals surface area contributed by atoms with Crippen molar-refractivity contribution in [3.8, 4) is 17.3 Å². The van der Waals surface area contributed by atoms with Crippen LogP contribution in [-0.4, -0.2) is 24.4 Å². The van der Waals surface area contributed by atoms with E-state index in [4.69, 9.17) is 0 Å². The molecule has 0 spiro atoms. The Labute approximate surface area is 154 Å². The summed E-state index contributed by atoms with van der Waals surface area (Å²) in [7, 11) is -2.73. The molecule has 0 aliphatic heterocycles. The number of pyridine rings is 1. The van der Waals surface area contributed by atoms with Crippen molar-refractivity contribution in [2.45, 2.75) is 11.4 Å². The highest BCUT2D eigenvalue weighted by Crippen LogP contribution is 2.32. The molecular formula is C18H14F2N4O2S. The topological polar surface area (TPSA) is 87.8 Å². The fourth-order valence-electron chi connectivity index (χ4n) is 2.68. The number of hydrogen-bond donors (Lipinski definition) is 1. The Morgan fingerprint density at radius 2 is 2.04 bits per heavy atom. The van der Waals surface area contributed by atoms with Gasteiger partial charge in [-0.15, -0.1) is 0 Å². The smallest absolute Gasteiger partial charge is 0.268 e. The Balaban J connectivity index is 2.33. The lowest BCUT2D eigenvalue weighted by Gasteiger charge is -2.11. The van der Waals surface area contributed by atoms with Crippen molar-refractivity contribution in [3.63, 3.8) is 0 Å². The molecule has 1 N–H and O–H groups in total. The molecule has 0 aliphatic rings. The summed E-state index contributed by atoms with van der Waals surface area (Å²) >= 11 is 0. The third kappa shape index (κ3) is 3.32. The Bertz CT molecular complexity index is 1150. The number of rotatable bonds is 5. The van der Waals surface area contributed by atoms with E-state index in [-0.39, 0.29) is 34.0 Å². The Hall–Kier alpha value is -3.09. The van der Waals surface area contributed by atoms with Gasteiger partial charge in [0.1, 0.15) is 23.3 Å². The van der Waals surface area contributed by atoms with Crippen LogP contribution in [0.1, 0.15) is 11.3 Å². The summed E-state index contributed by atoms with van der Waals surface area (Å²) in [6.07, 6.45) is 2.47. The van der Waals surface area contributed by atoms with Crippen molar-refractivity contribution >= 4 is 10.0 Å². The third-order valence-electron chi connectivity index (χ3n) is 3.87. The minimum absolute atomic E-state index is 0.0276. The Morgan fingerprint density at radius 1 is 1.26 bits per heavy atom. The van der Waals surface area contributed by atoms with E-state index in [1.807, 2.05) is 6.07 Å². The zero-order valence-electron chi connectivity index (χ0n) is 14.1. The SMILES string of the molecule is CNCc1cn(S(=O)(=O)c2cccc(F)c2)c(-c2cccnc2C#N)c1F. The van der Waals surface area contributed by atoms with Crippen molar-refractivity contribution in [3.05, 3.63) is 71.7 Å². The fraction of sp³-hybridized carbons (Fsp3) is 0.111. The molecule has 0 saturated carbocycles. The predicted molar refractivity (Wildman–Crippen MR) is 94.1 cm³/mol. The van der Waals surface area contributed by atoms with Gasteiger partial charge in [-0.25, -0.2) is 26.2 Å². The van der Waals surface area contributed by atoms with Crippen LogP contribution in [-0.2, 0) is 16.6 Å². The van der Waals surface area contributed by atoms with Gasteiger partial charge in [0.2, 0.25) is 0 Å². The van der Waals surface area contributed by atoms with Crippen LogP contribution in [0.2, 0.25) is 0 Å². The van der Waals surface area contributed by atoms with E-state index in [0.717, 1.165) is 22.3 Å². The van der Waals surface area contributed by atoms with Crippen LogP contribution in [0, 0.1) is 23.0 Å². The Morgan fingerprint density at radius 3 is 2.70 bits per heavy atom. The standard InChI is InChI=1S/C18H14F2N4O2S/c1-22-10-12-11-24(27(25,26)14-5-2-4-13(19)8-14)18(17(12)20)15-6-3-7-23-16(15)9-21/h2-8,11,22H,10H2,1H3. The Kier molecular flexibility index (Phi) is 5.03. The van der Waals surface area contributed by atoms with Gasteiger partial charge in [0.25, 0.3) is 10.0 Å². The van der Waals surface area contributed by atoms with E-state index >= 15 is 4.39 Å². The van der Waals surface area contributed by atoms with Crippen molar-refractivity contribution in [2.75, 3.05) is 7.05 Å². The average molecular weight is 388 g/mol. The van der Waals surface area contributed by atoms with Gasteiger partial charge < -0.3 is 5.32 Å². The first-order valence-corrected chi connectivity index (χ1v) is 9.25. The molecule has 0 aliphatic carbocycles. The summed E-state index contributed by atoms with van der Waals surface area (Å²) in [5.74, 6) is -1.53. The minimum atomic E-state index is -4.31. The van der Waals surface area contributed by atoms with Crippen molar-refractivity contribution in [1.29, 1.82) is 5.26 Å². The number of nitrogens with one attached hydrogen (secondary N) is 1. The van der Waals surface area contributed by atoms with E-state index < -0.39 is 21.7 Å². The van der Waals surface area contributed by atoms with Crippen LogP contribution in [0.4, 0.5) is 8.78 Å². The molecule has 9 heteroatoms. The quantitative estimate of drug-likeness (QED) is 0.726. The van der Waals surface area contributed by atoms with Crippen LogP contribution in [0.25, 0.3) is 11.3 Å². The van der Waals surface area contributed by atoms with E-state index in [0.29, 0.717) is 0 Å². The van der Waals surface area contributed by atoms with E-state index in [2.05, 4.69) is 10.3 Å². The summed E-state index contributed by atoms with van der Waals surface area (Å²) in [5, 5.41) is 12.0. The van der Waals surface area contributed by atoms with Crippen LogP contribution in [0.3, 0.4) is 0 Å². The molecule has 138 valence electrons. The number of benzene rings is 1. The molecule has 0 amide bonds. The summed E-state index contributed by atoms with van der Waals surface area (Å²) in [4.78, 5) is 3.53. The number of hydrogen-bond acceptors (Lipinski definition) is 5. The first kappa shape index (κ1) is 18.7. The van der Waals surface area contributed by atoms with Crippen LogP contribution >= 0.6 is 0 Å². The maximum Gasteiger partial charge on any atom is 0.268 e. The first-order valence-electron chi connectivity index (χ1n) is 7.81. The number of nitrogens with zero attached hydrogens (tertiary/aromatic N) is 3. The highest BCUT2D eigenvalue weighted by atomic mass is 32.2. The highest BCUT2D eigenvalue weighted by Gasteiger charge is 2.28. The average Bonchev–Trinajstić information content (AvgIpc) is 2.99.